The number of rotatable bonds is 6. The molecule has 1 heterocycles. The molecular weight excluding hydrogens is 290 g/mol. The van der Waals surface area contributed by atoms with Crippen molar-refractivity contribution in [1.29, 1.82) is 0 Å². The number of hydrogen-bond acceptors (Lipinski definition) is 3. The molecule has 122 valence electrons. The summed E-state index contributed by atoms with van der Waals surface area (Å²) in [4.78, 5) is 27.9. The van der Waals surface area contributed by atoms with Crippen LogP contribution in [0.15, 0.2) is 35.1 Å². The second-order valence-corrected chi connectivity index (χ2v) is 5.76. The van der Waals surface area contributed by atoms with Gasteiger partial charge in [-0.25, -0.2) is 4.79 Å². The lowest BCUT2D eigenvalue weighted by atomic mass is 10.1. The Labute approximate surface area is 136 Å². The Balaban J connectivity index is 2.01. The number of benzene rings is 1. The number of nitrogens with one attached hydrogen (secondary N) is 1. The van der Waals surface area contributed by atoms with Gasteiger partial charge in [-0.1, -0.05) is 25.5 Å². The second kappa shape index (κ2) is 7.72. The maximum Gasteiger partial charge on any atom is 0.348 e. The van der Waals surface area contributed by atoms with Gasteiger partial charge in [-0.2, -0.15) is 4.98 Å². The zero-order valence-corrected chi connectivity index (χ0v) is 13.9. The van der Waals surface area contributed by atoms with Crippen LogP contribution in [0.4, 0.5) is 5.69 Å². The summed E-state index contributed by atoms with van der Waals surface area (Å²) in [5, 5.41) is 2.82. The normalized spacial score (nSPS) is 10.6. The number of anilines is 1. The van der Waals surface area contributed by atoms with E-state index >= 15 is 0 Å². The van der Waals surface area contributed by atoms with Crippen LogP contribution in [0.1, 0.15) is 36.7 Å². The largest absolute Gasteiger partial charge is 0.348 e. The summed E-state index contributed by atoms with van der Waals surface area (Å²) in [5.41, 5.74) is 2.99. The molecule has 2 rings (SSSR count). The highest BCUT2D eigenvalue weighted by Gasteiger charge is 2.09. The van der Waals surface area contributed by atoms with Gasteiger partial charge in [-0.3, -0.25) is 9.36 Å². The van der Waals surface area contributed by atoms with Crippen molar-refractivity contribution in [3.8, 4) is 0 Å². The van der Waals surface area contributed by atoms with Gasteiger partial charge in [0.25, 0.3) is 0 Å². The number of nitrogens with zero attached hydrogens (tertiary/aromatic N) is 2. The highest BCUT2D eigenvalue weighted by atomic mass is 16.2. The summed E-state index contributed by atoms with van der Waals surface area (Å²) in [6.45, 7) is 5.69. The third-order valence-electron chi connectivity index (χ3n) is 3.70. The van der Waals surface area contributed by atoms with Crippen LogP contribution in [0.2, 0.25) is 0 Å². The van der Waals surface area contributed by atoms with Gasteiger partial charge in [0.05, 0.1) is 0 Å². The summed E-state index contributed by atoms with van der Waals surface area (Å²) in [6, 6.07) is 9.63. The molecule has 0 aliphatic heterocycles. The Morgan fingerprint density at radius 1 is 1.22 bits per heavy atom. The molecule has 5 heteroatoms. The minimum absolute atomic E-state index is 0.0322. The average molecular weight is 313 g/mol. The summed E-state index contributed by atoms with van der Waals surface area (Å²) in [6.07, 6.45) is 3.37. The zero-order valence-electron chi connectivity index (χ0n) is 13.9. The van der Waals surface area contributed by atoms with E-state index in [0.717, 1.165) is 30.6 Å². The van der Waals surface area contributed by atoms with Gasteiger partial charge in [0, 0.05) is 17.1 Å². The number of aryl methyl sites for hydroxylation is 3. The number of aromatic nitrogens is 2. The van der Waals surface area contributed by atoms with Crippen LogP contribution >= 0.6 is 0 Å². The van der Waals surface area contributed by atoms with Gasteiger partial charge in [0.15, 0.2) is 0 Å². The van der Waals surface area contributed by atoms with Crippen LogP contribution in [0, 0.1) is 13.8 Å². The first-order valence-corrected chi connectivity index (χ1v) is 7.93. The number of carbonyl (C=O) groups is 1. The molecule has 1 amide bonds. The molecule has 1 N–H and O–H groups in total. The van der Waals surface area contributed by atoms with Crippen LogP contribution in [0.3, 0.4) is 0 Å². The lowest BCUT2D eigenvalue weighted by Crippen LogP contribution is -2.31. The number of hydrogen-bond donors (Lipinski definition) is 1. The molecule has 0 aliphatic rings. The van der Waals surface area contributed by atoms with Crippen molar-refractivity contribution in [2.24, 2.45) is 0 Å². The Kier molecular flexibility index (Phi) is 5.68. The van der Waals surface area contributed by atoms with Gasteiger partial charge in [-0.05, 0) is 50.5 Å². The highest BCUT2D eigenvalue weighted by Crippen LogP contribution is 2.12. The molecule has 0 atom stereocenters. The minimum Gasteiger partial charge on any atom is -0.325 e. The van der Waals surface area contributed by atoms with Crippen molar-refractivity contribution >= 4 is 11.6 Å². The van der Waals surface area contributed by atoms with E-state index < -0.39 is 5.69 Å². The first-order valence-electron chi connectivity index (χ1n) is 7.93. The molecule has 23 heavy (non-hydrogen) atoms. The summed E-state index contributed by atoms with van der Waals surface area (Å²) in [5.74, 6) is -0.234. The molecule has 5 nitrogen and oxygen atoms in total. The Morgan fingerprint density at radius 3 is 2.52 bits per heavy atom. The van der Waals surface area contributed by atoms with E-state index in [-0.39, 0.29) is 12.5 Å². The first kappa shape index (κ1) is 16.9. The van der Waals surface area contributed by atoms with E-state index in [2.05, 4.69) is 17.2 Å². The van der Waals surface area contributed by atoms with Crippen molar-refractivity contribution in [1.82, 2.24) is 9.55 Å². The molecule has 0 saturated heterocycles. The summed E-state index contributed by atoms with van der Waals surface area (Å²) in [7, 11) is 0. The summed E-state index contributed by atoms with van der Waals surface area (Å²) < 4.78 is 1.37. The van der Waals surface area contributed by atoms with Crippen molar-refractivity contribution in [3.63, 3.8) is 0 Å². The van der Waals surface area contributed by atoms with Gasteiger partial charge in [0.1, 0.15) is 6.54 Å². The molecule has 1 aromatic carbocycles. The molecule has 0 fully saturated rings. The average Bonchev–Trinajstić information content (AvgIpc) is 2.50. The molecule has 2 aromatic rings. The van der Waals surface area contributed by atoms with Crippen LogP contribution in [-0.2, 0) is 17.8 Å². The SMILES string of the molecule is CCCCc1ccc(NC(=O)Cn2c(C)cc(C)nc2=O)cc1. The van der Waals surface area contributed by atoms with E-state index in [1.54, 1.807) is 19.9 Å². The lowest BCUT2D eigenvalue weighted by Gasteiger charge is -2.10. The van der Waals surface area contributed by atoms with E-state index in [1.807, 2.05) is 24.3 Å². The maximum absolute atomic E-state index is 12.1. The van der Waals surface area contributed by atoms with Crippen LogP contribution in [0.5, 0.6) is 0 Å². The van der Waals surface area contributed by atoms with E-state index in [0.29, 0.717) is 5.69 Å². The van der Waals surface area contributed by atoms with Gasteiger partial charge < -0.3 is 5.32 Å². The van der Waals surface area contributed by atoms with Crippen molar-refractivity contribution < 1.29 is 4.79 Å². The first-order chi connectivity index (χ1) is 11.0. The highest BCUT2D eigenvalue weighted by molar-refractivity contribution is 5.90. The Bertz CT molecular complexity index is 733. The van der Waals surface area contributed by atoms with Crippen LogP contribution < -0.4 is 11.0 Å². The maximum atomic E-state index is 12.1. The fraction of sp³-hybridized carbons (Fsp3) is 0.389. The Morgan fingerprint density at radius 2 is 1.91 bits per heavy atom. The molecular formula is C18H23N3O2. The monoisotopic (exact) mass is 313 g/mol. The Hall–Kier alpha value is -2.43. The molecule has 0 spiro atoms. The standard InChI is InChI=1S/C18H23N3O2/c1-4-5-6-15-7-9-16(10-8-15)20-17(22)12-21-14(3)11-13(2)19-18(21)23/h7-11H,4-6,12H2,1-3H3,(H,20,22). The lowest BCUT2D eigenvalue weighted by molar-refractivity contribution is -0.116. The molecule has 0 aliphatic carbocycles. The van der Waals surface area contributed by atoms with Crippen LogP contribution in [-0.4, -0.2) is 15.5 Å². The molecule has 1 aromatic heterocycles. The van der Waals surface area contributed by atoms with Crippen LogP contribution in [0.25, 0.3) is 0 Å². The van der Waals surface area contributed by atoms with E-state index in [4.69, 9.17) is 0 Å². The molecule has 0 unspecified atom stereocenters. The van der Waals surface area contributed by atoms with E-state index in [9.17, 15) is 9.59 Å². The fourth-order valence-corrected chi connectivity index (χ4v) is 2.45. The number of carbonyl (C=O) groups excluding carboxylic acids is 1. The molecule has 0 saturated carbocycles. The van der Waals surface area contributed by atoms with Gasteiger partial charge >= 0.3 is 5.69 Å². The second-order valence-electron chi connectivity index (χ2n) is 5.76. The van der Waals surface area contributed by atoms with Gasteiger partial charge in [-0.15, -0.1) is 0 Å². The van der Waals surface area contributed by atoms with Crippen molar-refractivity contribution in [2.45, 2.75) is 46.6 Å². The van der Waals surface area contributed by atoms with Crippen molar-refractivity contribution in [2.75, 3.05) is 5.32 Å². The third-order valence-corrected chi connectivity index (χ3v) is 3.70. The number of amides is 1. The third kappa shape index (κ3) is 4.77. The van der Waals surface area contributed by atoms with Gasteiger partial charge in [0.2, 0.25) is 5.91 Å². The molecule has 0 radical (unpaired) electrons. The number of unbranched alkanes of at least 4 members (excludes halogenated alkanes) is 1. The fourth-order valence-electron chi connectivity index (χ4n) is 2.45. The van der Waals surface area contributed by atoms with E-state index in [1.165, 1.54) is 10.1 Å². The quantitative estimate of drug-likeness (QED) is 0.892. The topological polar surface area (TPSA) is 64.0 Å². The zero-order chi connectivity index (χ0) is 16.8. The minimum atomic E-state index is -0.396. The smallest absolute Gasteiger partial charge is 0.325 e. The predicted octanol–water partition coefficient (Wildman–Crippen LogP) is 2.84. The summed E-state index contributed by atoms with van der Waals surface area (Å²) >= 11 is 0. The molecule has 0 bridgehead atoms. The predicted molar refractivity (Wildman–Crippen MR) is 91.7 cm³/mol. The van der Waals surface area contributed by atoms with Crippen molar-refractivity contribution in [3.05, 3.63) is 57.8 Å².